The SMILES string of the molecule is CCO[C@@H]1C[C@H]2C(=O)NC3(CC(C)(C)C3)C(=O)N(C)[C@@H](C3CCCC3)C(=O)N(C)[C@H](C(=O)N(C)CC)CC(=O)N(C)[C@@H](CC)C(=O)N[C@@H]([C@@H](C)CC)C(=O)N(C)CC(=O)N(C)[C@H]3C/C=C\CCN(C3=O)[C@@H](CC3CCC(C)CC3)C(=O)N(C)CC(=O)N[C@@H](CCC3CCC(C(F)(F)F)C(Cl)C3)C(=O)N2C1. The molecule has 0 aromatic carbocycles. The second-order valence-corrected chi connectivity index (χ2v) is 33.1. The van der Waals surface area contributed by atoms with Crippen molar-refractivity contribution in [3.63, 3.8) is 0 Å². The van der Waals surface area contributed by atoms with Crippen molar-refractivity contribution >= 4 is 82.5 Å². The molecule has 4 saturated carbocycles. The fourth-order valence-corrected chi connectivity index (χ4v) is 18.1. The van der Waals surface area contributed by atoms with E-state index in [0.717, 1.165) is 38.5 Å². The normalized spacial score (nSPS) is 32.1. The van der Waals surface area contributed by atoms with Crippen LogP contribution in [-0.4, -0.2) is 275 Å². The molecular weight excluding hydrogens is 1380 g/mol. The van der Waals surface area contributed by atoms with Crippen LogP contribution in [0.25, 0.3) is 0 Å². The monoisotopic (exact) mass is 1500 g/mol. The van der Waals surface area contributed by atoms with Crippen molar-refractivity contribution in [1.29, 1.82) is 0 Å². The predicted molar refractivity (Wildman–Crippen MR) is 390 cm³/mol. The second kappa shape index (κ2) is 37.0. The van der Waals surface area contributed by atoms with Crippen LogP contribution in [0, 0.1) is 40.9 Å². The summed E-state index contributed by atoms with van der Waals surface area (Å²) in [5.41, 5.74) is -2.17. The molecule has 4 aliphatic carbocycles. The van der Waals surface area contributed by atoms with Crippen LogP contribution < -0.4 is 16.0 Å². The molecule has 3 heterocycles. The van der Waals surface area contributed by atoms with Crippen molar-refractivity contribution in [3.05, 3.63) is 12.2 Å². The summed E-state index contributed by atoms with van der Waals surface area (Å²) < 4.78 is 48.6. The number of hydrogen-bond acceptors (Lipinski definition) is 13. The van der Waals surface area contributed by atoms with Crippen LogP contribution in [0.2, 0.25) is 0 Å². The highest BCUT2D eigenvalue weighted by Crippen LogP contribution is 2.50. The smallest absolute Gasteiger partial charge is 0.377 e. The molecule has 13 atom stereocenters. The van der Waals surface area contributed by atoms with Gasteiger partial charge in [-0.3, -0.25) is 57.5 Å². The van der Waals surface area contributed by atoms with Gasteiger partial charge < -0.3 is 64.8 Å². The number of ether oxygens (including phenoxy) is 1. The fraction of sp³-hybridized carbons (Fsp3) is 0.816. The van der Waals surface area contributed by atoms with Gasteiger partial charge in [-0.1, -0.05) is 98.6 Å². The molecule has 7 rings (SSSR count). The lowest BCUT2D eigenvalue weighted by Gasteiger charge is -2.54. The Morgan fingerprint density at radius 1 is 0.695 bits per heavy atom. The first-order valence-electron chi connectivity index (χ1n) is 38.6. The molecule has 2 saturated heterocycles. The Morgan fingerprint density at radius 2 is 1.33 bits per heavy atom. The molecule has 2 bridgehead atoms. The molecule has 1 spiro atoms. The van der Waals surface area contributed by atoms with Gasteiger partial charge in [-0.15, -0.1) is 11.6 Å². The van der Waals surface area contributed by atoms with E-state index in [1.807, 2.05) is 26.8 Å². The molecule has 3 N–H and O–H groups in total. The zero-order valence-electron chi connectivity index (χ0n) is 65.0. The number of carbonyl (C=O) groups excluding carboxylic acids is 12. The maximum atomic E-state index is 15.8. The van der Waals surface area contributed by atoms with Gasteiger partial charge in [-0.2, -0.15) is 13.2 Å². The minimum Gasteiger partial charge on any atom is -0.377 e. The molecule has 3 unspecified atom stereocenters. The zero-order chi connectivity index (χ0) is 77.9. The molecule has 0 aromatic heterocycles. The Bertz CT molecular complexity index is 3140. The number of halogens is 4. The molecule has 105 heavy (non-hydrogen) atoms. The van der Waals surface area contributed by atoms with E-state index in [2.05, 4.69) is 22.9 Å². The first-order chi connectivity index (χ1) is 49.3. The minimum absolute atomic E-state index is 0.00516. The lowest BCUT2D eigenvalue weighted by Crippen LogP contribution is -2.71. The summed E-state index contributed by atoms with van der Waals surface area (Å²) in [7, 11) is 10.1. The molecule has 6 fully saturated rings. The zero-order valence-corrected chi connectivity index (χ0v) is 65.8. The summed E-state index contributed by atoms with van der Waals surface area (Å²) in [5, 5.41) is 7.59. The molecule has 0 radical (unpaired) electrons. The van der Waals surface area contributed by atoms with Crippen molar-refractivity contribution in [1.82, 2.24) is 60.0 Å². The fourth-order valence-electron chi connectivity index (χ4n) is 17.6. The van der Waals surface area contributed by atoms with Gasteiger partial charge in [0.1, 0.15) is 53.9 Å². The number of amides is 12. The van der Waals surface area contributed by atoms with Gasteiger partial charge >= 0.3 is 6.18 Å². The summed E-state index contributed by atoms with van der Waals surface area (Å²) in [5.74, 6) is -10.5. The van der Waals surface area contributed by atoms with E-state index < -0.39 is 191 Å². The molecule has 25 nitrogen and oxygen atoms in total. The molecule has 592 valence electrons. The molecule has 3 aliphatic heterocycles. The summed E-state index contributed by atoms with van der Waals surface area (Å²) in [6.07, 6.45) is 4.77. The number of nitrogens with one attached hydrogen (secondary N) is 3. The van der Waals surface area contributed by atoms with Gasteiger partial charge in [0.25, 0.3) is 0 Å². The van der Waals surface area contributed by atoms with E-state index in [1.54, 1.807) is 33.8 Å². The highest BCUT2D eigenvalue weighted by Gasteiger charge is 2.59. The standard InChI is InChI=1S/C76H122ClF3N12O13/c1-16-47(6)63-71(102)86(11)43-62(95)88(13)56-27-21-20-24-36-91(70(56)101)59(38-49-30-28-46(5)29-31-49)69(100)85(10)42-60(93)81-54(35-33-48-32-34-52(53(77)37-48)76(78,79)80)67(98)92-41-51(105-19-4)39-57(92)66(97)83-75(44-74(7,8)45-75)73(104)90(15)64(50-25-22-23-26-50)72(103)89(14)58(68(99)84(9)18-3)40-61(94)87(12)55(17-2)65(96)82-63/h20-21,46-59,63-64H,16-19,22-45H2,1-15H3,(H,81,93)(H,82,96)(H,83,97)/b21-20-/t46?,47-,48?,49?,51+,52?,53?,54-,55-,56-,57-,58-,59-,63-,64-/m0/s1. The summed E-state index contributed by atoms with van der Waals surface area (Å²) in [6, 6.07) is -10.1. The Hall–Kier alpha value is -6.58. The van der Waals surface area contributed by atoms with Crippen molar-refractivity contribution in [2.75, 3.05) is 88.7 Å². The minimum atomic E-state index is -4.53. The molecule has 0 aromatic rings. The predicted octanol–water partition coefficient (Wildman–Crippen LogP) is 6.52. The second-order valence-electron chi connectivity index (χ2n) is 32.5. The third-order valence-electron chi connectivity index (χ3n) is 24.2. The lowest BCUT2D eigenvalue weighted by atomic mass is 9.58. The Kier molecular flexibility index (Phi) is 30.2. The van der Waals surface area contributed by atoms with Gasteiger partial charge in [0.05, 0.1) is 31.5 Å². The highest BCUT2D eigenvalue weighted by molar-refractivity contribution is 6.21. The molecule has 12 amide bonds. The van der Waals surface area contributed by atoms with Crippen molar-refractivity contribution in [2.24, 2.45) is 40.9 Å². The van der Waals surface area contributed by atoms with Gasteiger partial charge in [0.15, 0.2) is 0 Å². The Morgan fingerprint density at radius 3 is 1.92 bits per heavy atom. The maximum Gasteiger partial charge on any atom is 0.393 e. The van der Waals surface area contributed by atoms with E-state index in [-0.39, 0.29) is 103 Å². The topological polar surface area (TPSA) is 279 Å². The van der Waals surface area contributed by atoms with Crippen LogP contribution in [-0.2, 0) is 62.3 Å². The number of likely N-dealkylation sites (N-methyl/N-ethyl adjacent to an activating group) is 7. The van der Waals surface area contributed by atoms with Crippen LogP contribution in [0.15, 0.2) is 12.2 Å². The van der Waals surface area contributed by atoms with Crippen molar-refractivity contribution < 1.29 is 75.4 Å². The summed E-state index contributed by atoms with van der Waals surface area (Å²) in [4.78, 5) is 193. The third-order valence-corrected chi connectivity index (χ3v) is 24.7. The van der Waals surface area contributed by atoms with Gasteiger partial charge in [-0.25, -0.2) is 0 Å². The Balaban J connectivity index is 1.32. The van der Waals surface area contributed by atoms with Gasteiger partial charge in [0.2, 0.25) is 70.9 Å². The number of nitrogens with zero attached hydrogens (tertiary/aromatic N) is 9. The first-order valence-corrected chi connectivity index (χ1v) is 39.1. The summed E-state index contributed by atoms with van der Waals surface area (Å²) >= 11 is 6.47. The largest absolute Gasteiger partial charge is 0.393 e. The number of rotatable bonds is 13. The lowest BCUT2D eigenvalue weighted by molar-refractivity contribution is -0.182. The van der Waals surface area contributed by atoms with Crippen molar-refractivity contribution in [3.8, 4) is 0 Å². The van der Waals surface area contributed by atoms with Crippen molar-refractivity contribution in [2.45, 2.75) is 268 Å². The highest BCUT2D eigenvalue weighted by atomic mass is 35.5. The summed E-state index contributed by atoms with van der Waals surface area (Å²) in [6.45, 7) is 13.9. The number of hydrogen-bond donors (Lipinski definition) is 3. The van der Waals surface area contributed by atoms with Gasteiger partial charge in [0, 0.05) is 87.4 Å². The molecular formula is C76H122ClF3N12O13. The van der Waals surface area contributed by atoms with Crippen LogP contribution in [0.5, 0.6) is 0 Å². The van der Waals surface area contributed by atoms with Crippen LogP contribution in [0.1, 0.15) is 197 Å². The quantitative estimate of drug-likeness (QED) is 0.131. The van der Waals surface area contributed by atoms with Crippen LogP contribution in [0.3, 0.4) is 0 Å². The number of carbonyl (C=O) groups is 12. The Labute approximate surface area is 625 Å². The molecule has 29 heteroatoms. The van der Waals surface area contributed by atoms with Crippen LogP contribution in [0.4, 0.5) is 13.2 Å². The van der Waals surface area contributed by atoms with E-state index in [0.29, 0.717) is 31.6 Å². The van der Waals surface area contributed by atoms with Gasteiger partial charge in [-0.05, 0) is 132 Å². The number of fused-ring (bicyclic) bond motifs is 3. The first kappa shape index (κ1) is 85.7. The van der Waals surface area contributed by atoms with E-state index in [9.17, 15) is 41.9 Å². The van der Waals surface area contributed by atoms with E-state index >= 15 is 28.8 Å². The third kappa shape index (κ3) is 20.8. The van der Waals surface area contributed by atoms with Crippen LogP contribution >= 0.6 is 11.6 Å². The molecule has 7 aliphatic rings. The van der Waals surface area contributed by atoms with E-state index in [1.165, 1.54) is 93.4 Å². The van der Waals surface area contributed by atoms with E-state index in [4.69, 9.17) is 16.3 Å². The average molecular weight is 1500 g/mol. The average Bonchev–Trinajstić information content (AvgIpc) is 1.72. The maximum absolute atomic E-state index is 15.8. The number of alkyl halides is 4.